The summed E-state index contributed by atoms with van der Waals surface area (Å²) in [6.07, 6.45) is -0.843. The van der Waals surface area contributed by atoms with E-state index in [1.165, 1.54) is 4.90 Å². The van der Waals surface area contributed by atoms with Crippen LogP contribution in [0.1, 0.15) is 45.4 Å². The Labute approximate surface area is 408 Å². The number of aliphatic hydroxyl groups is 1. The molecule has 24 heteroatoms. The third-order valence-electron chi connectivity index (χ3n) is 10.3. The molecule has 0 spiro atoms. The van der Waals surface area contributed by atoms with Crippen molar-refractivity contribution in [2.45, 2.75) is 65.8 Å². The zero-order valence-electron chi connectivity index (χ0n) is 40.7. The molecule has 1 aromatic heterocycles. The van der Waals surface area contributed by atoms with Crippen molar-refractivity contribution in [2.24, 2.45) is 21.1 Å². The number of likely N-dealkylation sites (tertiary alicyclic amines) is 1. The van der Waals surface area contributed by atoms with Crippen molar-refractivity contribution in [1.82, 2.24) is 20.5 Å². The minimum Gasteiger partial charge on any atom is -0.391 e. The maximum Gasteiger partial charge on any atom is 0.246 e. The summed E-state index contributed by atoms with van der Waals surface area (Å²) >= 11 is 1.56. The van der Waals surface area contributed by atoms with E-state index in [2.05, 4.69) is 35.7 Å². The molecule has 2 heterocycles. The van der Waals surface area contributed by atoms with E-state index < -0.39 is 46.7 Å². The first kappa shape index (κ1) is 58.8. The normalized spacial score (nSPS) is 16.1. The summed E-state index contributed by atoms with van der Waals surface area (Å²) in [4.78, 5) is 53.3. The number of hydrogen-bond acceptors (Lipinski definition) is 17. The first-order valence-electron chi connectivity index (χ1n) is 23.0. The smallest absolute Gasteiger partial charge is 0.246 e. The van der Waals surface area contributed by atoms with E-state index in [0.29, 0.717) is 79.3 Å². The van der Waals surface area contributed by atoms with E-state index in [0.717, 1.165) is 21.7 Å². The van der Waals surface area contributed by atoms with E-state index in [1.807, 2.05) is 58.9 Å². The summed E-state index contributed by atoms with van der Waals surface area (Å²) in [5.74, 6) is -1.41. The summed E-state index contributed by atoms with van der Waals surface area (Å²) in [6, 6.07) is 5.87. The lowest BCUT2D eigenvalue weighted by molar-refractivity contribution is -0.145. The monoisotopic (exact) mass is 993 g/mol. The molecule has 1 saturated heterocycles. The second-order valence-electron chi connectivity index (χ2n) is 17.4. The number of benzene rings is 1. The van der Waals surface area contributed by atoms with Crippen molar-refractivity contribution < 1.29 is 62.1 Å². The Morgan fingerprint density at radius 3 is 1.71 bits per heavy atom. The summed E-state index contributed by atoms with van der Waals surface area (Å²) in [6.45, 7) is 14.9. The minimum absolute atomic E-state index is 0.0515. The molecule has 3 amide bonds. The molecular formula is C45H72N10O13S. The Morgan fingerprint density at radius 2 is 1.25 bits per heavy atom. The molecule has 1 aromatic carbocycles. The first-order valence-corrected chi connectivity index (χ1v) is 23.9. The third-order valence-corrected chi connectivity index (χ3v) is 11.3. The number of aryl methyl sites for hydroxylation is 1. The molecule has 0 radical (unpaired) electrons. The van der Waals surface area contributed by atoms with E-state index in [4.69, 9.17) is 53.7 Å². The summed E-state index contributed by atoms with van der Waals surface area (Å²) in [5.41, 5.74) is 19.8. The Balaban J connectivity index is 1.47. The highest BCUT2D eigenvalue weighted by molar-refractivity contribution is 7.13. The maximum atomic E-state index is 14.2. The van der Waals surface area contributed by atoms with E-state index in [9.17, 15) is 19.5 Å². The molecule has 3 rings (SSSR count). The molecular weight excluding hydrogens is 921 g/mol. The number of rotatable bonds is 38. The van der Waals surface area contributed by atoms with Crippen LogP contribution >= 0.6 is 11.3 Å². The van der Waals surface area contributed by atoms with Gasteiger partial charge in [-0.3, -0.25) is 14.4 Å². The fourth-order valence-corrected chi connectivity index (χ4v) is 7.57. The van der Waals surface area contributed by atoms with Gasteiger partial charge in [-0.1, -0.05) is 62.2 Å². The predicted molar refractivity (Wildman–Crippen MR) is 255 cm³/mol. The van der Waals surface area contributed by atoms with Gasteiger partial charge in [0, 0.05) is 47.8 Å². The van der Waals surface area contributed by atoms with Crippen molar-refractivity contribution >= 4 is 29.1 Å². The van der Waals surface area contributed by atoms with Crippen molar-refractivity contribution in [2.75, 3.05) is 139 Å². The zero-order valence-corrected chi connectivity index (χ0v) is 41.5. The SMILES string of the molecule is Cc1ncsc1-c1ccc(CNC(=O)[C@@H]2C[C@@H](O)CN2C(=O)[C@@H](NC(=O)COCC(C)(COCCOCCOCCOCCN=[N+]=[N-])COCCOCCOCCOCCN=[N+]=[N-])C(C)(C)C)cc1. The standard InChI is InChI=1S/C45H72N10O13S/c1-34-40(69-33-49-34)36-8-6-35(7-9-36)27-48-42(58)38-26-37(56)28-55(38)43(59)41(44(2,3)4)52-39(57)29-68-32-45(5,30-66-24-22-64-20-18-62-16-14-60-12-10-50-53-46)31-67-25-23-65-21-19-63-17-15-61-13-11-51-54-47/h6-9,33,37-38,41,56H,10-32H2,1-5H3,(H,48,58)(H,52,57)/t37-,38+,41-/m1/s1. The third kappa shape index (κ3) is 24.2. The fourth-order valence-electron chi connectivity index (χ4n) is 6.75. The number of aliphatic hydroxyl groups excluding tert-OH is 1. The number of thiazole rings is 1. The molecule has 1 aliphatic rings. The van der Waals surface area contributed by atoms with Gasteiger partial charge in [-0.05, 0) is 34.5 Å². The number of nitrogens with one attached hydrogen (secondary N) is 2. The molecule has 2 aromatic rings. The molecule has 0 unspecified atom stereocenters. The van der Waals surface area contributed by atoms with Crippen molar-refractivity contribution in [3.8, 4) is 10.4 Å². The molecule has 3 N–H and O–H groups in total. The number of azide groups is 2. The molecule has 3 atom stereocenters. The average Bonchev–Trinajstić information content (AvgIpc) is 3.94. The highest BCUT2D eigenvalue weighted by atomic mass is 32.1. The summed E-state index contributed by atoms with van der Waals surface area (Å²) in [7, 11) is 0. The zero-order chi connectivity index (χ0) is 50.2. The van der Waals surface area contributed by atoms with Crippen LogP contribution in [0.25, 0.3) is 31.3 Å². The minimum atomic E-state index is -1.03. The number of carbonyl (C=O) groups excluding carboxylic acids is 3. The van der Waals surface area contributed by atoms with Crippen LogP contribution in [0, 0.1) is 17.8 Å². The fraction of sp³-hybridized carbons (Fsp3) is 0.733. The number of ether oxygens (including phenoxy) is 9. The summed E-state index contributed by atoms with van der Waals surface area (Å²) in [5, 5.41) is 23.2. The van der Waals surface area contributed by atoms with Crippen molar-refractivity contribution in [3.05, 3.63) is 61.9 Å². The first-order chi connectivity index (χ1) is 33.3. The van der Waals surface area contributed by atoms with Gasteiger partial charge >= 0.3 is 0 Å². The number of hydrogen-bond donors (Lipinski definition) is 3. The van der Waals surface area contributed by atoms with Crippen molar-refractivity contribution in [3.63, 3.8) is 0 Å². The van der Waals surface area contributed by atoms with Crippen LogP contribution in [0.15, 0.2) is 40.0 Å². The number of β-amino-alcohol motifs (C(OH)–C–C–N with tert-alkyl or cyclic N) is 1. The second kappa shape index (κ2) is 33.9. The quantitative estimate of drug-likeness (QED) is 0.0371. The highest BCUT2D eigenvalue weighted by Gasteiger charge is 2.44. The van der Waals surface area contributed by atoms with Crippen LogP contribution in [-0.2, 0) is 63.6 Å². The van der Waals surface area contributed by atoms with Gasteiger partial charge in [-0.15, -0.1) is 11.3 Å². The lowest BCUT2D eigenvalue weighted by atomic mass is 9.85. The maximum absolute atomic E-state index is 14.2. The number of amides is 3. The Kier molecular flexibility index (Phi) is 28.9. The average molecular weight is 993 g/mol. The molecule has 69 heavy (non-hydrogen) atoms. The lowest BCUT2D eigenvalue weighted by Crippen LogP contribution is -2.58. The largest absolute Gasteiger partial charge is 0.391 e. The van der Waals surface area contributed by atoms with Gasteiger partial charge in [0.2, 0.25) is 17.7 Å². The van der Waals surface area contributed by atoms with Crippen LogP contribution in [0.3, 0.4) is 0 Å². The van der Waals surface area contributed by atoms with Crippen LogP contribution in [0.2, 0.25) is 0 Å². The van der Waals surface area contributed by atoms with Gasteiger partial charge in [-0.2, -0.15) is 0 Å². The Morgan fingerprint density at radius 1 is 0.768 bits per heavy atom. The lowest BCUT2D eigenvalue weighted by Gasteiger charge is -2.35. The van der Waals surface area contributed by atoms with Gasteiger partial charge < -0.3 is 63.3 Å². The second-order valence-corrected chi connectivity index (χ2v) is 18.3. The van der Waals surface area contributed by atoms with Crippen LogP contribution < -0.4 is 10.6 Å². The van der Waals surface area contributed by atoms with Crippen molar-refractivity contribution in [1.29, 1.82) is 0 Å². The predicted octanol–water partition coefficient (Wildman–Crippen LogP) is 4.00. The molecule has 1 aliphatic heterocycles. The topological polar surface area (TPSA) is 292 Å². The van der Waals surface area contributed by atoms with E-state index in [-0.39, 0.29) is 72.2 Å². The number of aromatic nitrogens is 1. The van der Waals surface area contributed by atoms with Crippen LogP contribution in [0.5, 0.6) is 0 Å². The van der Waals surface area contributed by atoms with Gasteiger partial charge in [0.1, 0.15) is 18.7 Å². The van der Waals surface area contributed by atoms with Gasteiger partial charge in [0.15, 0.2) is 0 Å². The number of nitrogens with zero attached hydrogens (tertiary/aromatic N) is 8. The molecule has 23 nitrogen and oxygen atoms in total. The van der Waals surface area contributed by atoms with Crippen LogP contribution in [-0.4, -0.2) is 189 Å². The van der Waals surface area contributed by atoms with Gasteiger partial charge in [0.05, 0.1) is 135 Å². The van der Waals surface area contributed by atoms with E-state index >= 15 is 0 Å². The van der Waals surface area contributed by atoms with Crippen LogP contribution in [0.4, 0.5) is 0 Å². The number of carbonyl (C=O) groups is 3. The molecule has 0 bridgehead atoms. The van der Waals surface area contributed by atoms with Gasteiger partial charge in [0.25, 0.3) is 0 Å². The Hall–Kier alpha value is -4.52. The van der Waals surface area contributed by atoms with E-state index in [1.54, 1.807) is 16.8 Å². The van der Waals surface area contributed by atoms with Gasteiger partial charge in [-0.25, -0.2) is 4.98 Å². The molecule has 386 valence electrons. The highest BCUT2D eigenvalue weighted by Crippen LogP contribution is 2.28. The molecule has 0 saturated carbocycles. The molecule has 1 fully saturated rings. The Bertz CT molecular complexity index is 1830. The summed E-state index contributed by atoms with van der Waals surface area (Å²) < 4.78 is 50.6. The molecule has 0 aliphatic carbocycles.